The Labute approximate surface area is 137 Å². The van der Waals surface area contributed by atoms with Crippen LogP contribution in [0.3, 0.4) is 0 Å². The maximum absolute atomic E-state index is 11.6. The summed E-state index contributed by atoms with van der Waals surface area (Å²) in [5, 5.41) is 9.47. The number of aliphatic carboxylic acids is 1. The van der Waals surface area contributed by atoms with E-state index < -0.39 is 37.5 Å². The number of carbonyl (C=O) groups is 1. The maximum atomic E-state index is 11.6. The number of carboxylic acid groups (broad SMARTS) is 1. The molecule has 21 heavy (non-hydrogen) atoms. The SMILES string of the molecule is CC1(C)OCC(C(=O)O)(C(=CO[SH](=O)=O)C(Cl)(Cl)Cl)CO1. The Morgan fingerprint density at radius 3 is 2.10 bits per heavy atom. The first kappa shape index (κ1) is 18.8. The van der Waals surface area contributed by atoms with Crippen LogP contribution in [-0.2, 0) is 29.4 Å². The van der Waals surface area contributed by atoms with Gasteiger partial charge in [-0.3, -0.25) is 4.79 Å². The number of alkyl halides is 3. The molecule has 1 aliphatic rings. The molecule has 1 rings (SSSR count). The average Bonchev–Trinajstić information content (AvgIpc) is 2.29. The Kier molecular flexibility index (Phi) is 5.79. The van der Waals surface area contributed by atoms with E-state index in [1.54, 1.807) is 13.8 Å². The quantitative estimate of drug-likeness (QED) is 0.432. The van der Waals surface area contributed by atoms with Crippen LogP contribution in [0.15, 0.2) is 11.8 Å². The first-order chi connectivity index (χ1) is 9.41. The summed E-state index contributed by atoms with van der Waals surface area (Å²) in [5.41, 5.74) is -2.30. The van der Waals surface area contributed by atoms with Gasteiger partial charge in [-0.15, -0.1) is 0 Å². The van der Waals surface area contributed by atoms with Crippen LogP contribution in [0.5, 0.6) is 0 Å². The van der Waals surface area contributed by atoms with Gasteiger partial charge in [-0.1, -0.05) is 34.8 Å². The first-order valence-electron chi connectivity index (χ1n) is 5.51. The molecular formula is C10H13Cl3O7S. The Morgan fingerprint density at radius 1 is 1.29 bits per heavy atom. The monoisotopic (exact) mass is 382 g/mol. The molecule has 7 nitrogen and oxygen atoms in total. The third-order valence-corrected chi connectivity index (χ3v) is 3.71. The van der Waals surface area contributed by atoms with Crippen LogP contribution in [0.1, 0.15) is 13.8 Å². The lowest BCUT2D eigenvalue weighted by atomic mass is 9.81. The van der Waals surface area contributed by atoms with Gasteiger partial charge in [-0.05, 0) is 13.8 Å². The number of hydrogen-bond donors (Lipinski definition) is 2. The third kappa shape index (κ3) is 4.61. The van der Waals surface area contributed by atoms with Crippen LogP contribution < -0.4 is 0 Å². The molecule has 1 heterocycles. The molecule has 1 saturated heterocycles. The molecule has 0 radical (unpaired) electrons. The molecule has 0 atom stereocenters. The van der Waals surface area contributed by atoms with E-state index in [-0.39, 0.29) is 13.2 Å². The minimum atomic E-state index is -3.29. The average molecular weight is 384 g/mol. The minimum absolute atomic E-state index is 0.381. The molecule has 0 spiro atoms. The second kappa shape index (κ2) is 6.47. The molecule has 0 aromatic rings. The van der Waals surface area contributed by atoms with Crippen molar-refractivity contribution in [3.05, 3.63) is 11.8 Å². The molecule has 1 fully saturated rings. The molecule has 0 bridgehead atoms. The van der Waals surface area contributed by atoms with E-state index in [4.69, 9.17) is 44.3 Å². The minimum Gasteiger partial charge on any atom is -0.480 e. The highest BCUT2D eigenvalue weighted by Gasteiger charge is 2.54. The number of thiol groups is 1. The molecule has 0 saturated carbocycles. The van der Waals surface area contributed by atoms with Crippen LogP contribution in [-0.4, -0.2) is 42.3 Å². The predicted octanol–water partition coefficient (Wildman–Crippen LogP) is 1.64. The number of ether oxygens (including phenoxy) is 2. The highest BCUT2D eigenvalue weighted by molar-refractivity contribution is 7.67. The second-order valence-corrected chi connectivity index (χ2v) is 7.66. The Balaban J connectivity index is 3.28. The van der Waals surface area contributed by atoms with Gasteiger partial charge in [0.1, 0.15) is 11.7 Å². The fourth-order valence-corrected chi connectivity index (χ4v) is 2.49. The lowest BCUT2D eigenvalue weighted by Gasteiger charge is -2.43. The third-order valence-electron chi connectivity index (χ3n) is 2.82. The van der Waals surface area contributed by atoms with Crippen LogP contribution in [0.2, 0.25) is 0 Å². The highest BCUT2D eigenvalue weighted by atomic mass is 35.6. The largest absolute Gasteiger partial charge is 0.480 e. The predicted molar refractivity (Wildman–Crippen MR) is 75.8 cm³/mol. The van der Waals surface area contributed by atoms with Gasteiger partial charge in [0.25, 0.3) is 11.0 Å². The van der Waals surface area contributed by atoms with Gasteiger partial charge < -0.3 is 18.8 Å². The van der Waals surface area contributed by atoms with Gasteiger partial charge in [0.2, 0.25) is 3.79 Å². The van der Waals surface area contributed by atoms with Crippen molar-refractivity contribution in [2.75, 3.05) is 13.2 Å². The van der Waals surface area contributed by atoms with Crippen LogP contribution in [0.4, 0.5) is 0 Å². The summed E-state index contributed by atoms with van der Waals surface area (Å²) in [6.07, 6.45) is 0.581. The number of halogens is 3. The van der Waals surface area contributed by atoms with Crippen molar-refractivity contribution in [1.82, 2.24) is 0 Å². The van der Waals surface area contributed by atoms with Gasteiger partial charge in [-0.2, -0.15) is 8.42 Å². The molecule has 122 valence electrons. The summed E-state index contributed by atoms with van der Waals surface area (Å²) in [7, 11) is -3.29. The smallest absolute Gasteiger partial charge is 0.318 e. The van der Waals surface area contributed by atoms with E-state index in [9.17, 15) is 18.3 Å². The molecule has 11 heteroatoms. The number of carboxylic acids is 1. The highest BCUT2D eigenvalue weighted by Crippen LogP contribution is 2.47. The van der Waals surface area contributed by atoms with Crippen molar-refractivity contribution in [2.45, 2.75) is 23.4 Å². The van der Waals surface area contributed by atoms with Crippen LogP contribution in [0, 0.1) is 5.41 Å². The Bertz CT molecular complexity index is 503. The standard InChI is InChI=1S/C10H13Cl3O7S/c1-8(2)18-4-9(5-19-8,7(14)15)6(10(11,12)13)3-20-21(16)17/h3,21H,4-5H2,1-2H3,(H,14,15). The molecule has 0 amide bonds. The summed E-state index contributed by atoms with van der Waals surface area (Å²) >= 11 is 17.2. The number of rotatable bonds is 4. The fourth-order valence-electron chi connectivity index (χ4n) is 1.62. The summed E-state index contributed by atoms with van der Waals surface area (Å²) in [6, 6.07) is 0. The number of hydrogen-bond acceptors (Lipinski definition) is 6. The van der Waals surface area contributed by atoms with E-state index in [2.05, 4.69) is 4.18 Å². The topological polar surface area (TPSA) is 99.1 Å². The molecular weight excluding hydrogens is 371 g/mol. The molecule has 1 aliphatic heterocycles. The van der Waals surface area contributed by atoms with Gasteiger partial charge in [0.05, 0.1) is 13.2 Å². The van der Waals surface area contributed by atoms with E-state index >= 15 is 0 Å². The maximum Gasteiger partial charge on any atom is 0.318 e. The first-order valence-corrected chi connectivity index (χ1v) is 7.74. The molecule has 1 N–H and O–H groups in total. The molecule has 0 unspecified atom stereocenters. The van der Waals surface area contributed by atoms with Crippen LogP contribution >= 0.6 is 34.8 Å². The summed E-state index contributed by atoms with van der Waals surface area (Å²) in [6.45, 7) is 2.41. The molecule has 0 aromatic heterocycles. The zero-order chi connectivity index (χ0) is 16.5. The van der Waals surface area contributed by atoms with Gasteiger partial charge in [-0.25, -0.2) is 0 Å². The molecule has 0 aliphatic carbocycles. The summed E-state index contributed by atoms with van der Waals surface area (Å²) < 4.78 is 33.7. The van der Waals surface area contributed by atoms with Crippen molar-refractivity contribution < 1.29 is 32.0 Å². The lowest BCUT2D eigenvalue weighted by molar-refractivity contribution is -0.277. The van der Waals surface area contributed by atoms with Crippen molar-refractivity contribution in [2.24, 2.45) is 5.41 Å². The van der Waals surface area contributed by atoms with Gasteiger partial charge in [0, 0.05) is 5.57 Å². The van der Waals surface area contributed by atoms with E-state index in [1.807, 2.05) is 0 Å². The fraction of sp³-hybridized carbons (Fsp3) is 0.700. The zero-order valence-electron chi connectivity index (χ0n) is 11.0. The molecule has 0 aromatic carbocycles. The normalized spacial score (nSPS) is 22.1. The summed E-state index contributed by atoms with van der Waals surface area (Å²) in [4.78, 5) is 11.6. The van der Waals surface area contributed by atoms with Gasteiger partial charge >= 0.3 is 5.97 Å². The van der Waals surface area contributed by atoms with E-state index in [0.29, 0.717) is 6.26 Å². The van der Waals surface area contributed by atoms with Crippen molar-refractivity contribution in [3.63, 3.8) is 0 Å². The second-order valence-electron chi connectivity index (χ2n) is 4.72. The summed E-state index contributed by atoms with van der Waals surface area (Å²) in [5.74, 6) is -2.41. The zero-order valence-corrected chi connectivity index (χ0v) is 14.1. The van der Waals surface area contributed by atoms with Crippen molar-refractivity contribution in [3.8, 4) is 0 Å². The lowest BCUT2D eigenvalue weighted by Crippen LogP contribution is -2.53. The Morgan fingerprint density at radius 2 is 1.76 bits per heavy atom. The van der Waals surface area contributed by atoms with Gasteiger partial charge in [0.15, 0.2) is 5.79 Å². The van der Waals surface area contributed by atoms with E-state index in [1.165, 1.54) is 0 Å². The Hall–Kier alpha value is -0.250. The van der Waals surface area contributed by atoms with Crippen molar-refractivity contribution >= 4 is 51.8 Å². The van der Waals surface area contributed by atoms with Crippen molar-refractivity contribution in [1.29, 1.82) is 0 Å². The van der Waals surface area contributed by atoms with Crippen LogP contribution in [0.25, 0.3) is 0 Å². The van der Waals surface area contributed by atoms with E-state index in [0.717, 1.165) is 0 Å².